The van der Waals surface area contributed by atoms with E-state index >= 15 is 0 Å². The van der Waals surface area contributed by atoms with Crippen LogP contribution < -0.4 is 10.2 Å². The van der Waals surface area contributed by atoms with Crippen LogP contribution in [0.4, 0.5) is 5.82 Å². The summed E-state index contributed by atoms with van der Waals surface area (Å²) in [6, 6.07) is 0. The first-order valence-electron chi connectivity index (χ1n) is 6.71. The minimum absolute atomic E-state index is 0.748. The second kappa shape index (κ2) is 6.20. The third kappa shape index (κ3) is 2.84. The lowest BCUT2D eigenvalue weighted by molar-refractivity contribution is 0.199. The molecule has 0 aromatic carbocycles. The summed E-state index contributed by atoms with van der Waals surface area (Å²) in [7, 11) is 3.77. The van der Waals surface area contributed by atoms with E-state index in [0.717, 1.165) is 38.5 Å². The van der Waals surface area contributed by atoms with Gasteiger partial charge in [0.2, 0.25) is 0 Å². The second-order valence-corrected chi connectivity index (χ2v) is 4.87. The zero-order chi connectivity index (χ0) is 13.0. The molecule has 1 fully saturated rings. The standard InChI is InChI=1S/C13H24N4O/c1-11-12(10-14-6-9-18-3)13(16(2)15-11)17-7-4-5-8-17/h14H,4-10H2,1-3H3. The number of nitrogens with one attached hydrogen (secondary N) is 1. The summed E-state index contributed by atoms with van der Waals surface area (Å²) in [5, 5.41) is 7.97. The summed E-state index contributed by atoms with van der Waals surface area (Å²) >= 11 is 0. The van der Waals surface area contributed by atoms with Crippen molar-refractivity contribution >= 4 is 5.82 Å². The second-order valence-electron chi connectivity index (χ2n) is 4.87. The van der Waals surface area contributed by atoms with Crippen molar-refractivity contribution in [2.75, 3.05) is 38.3 Å². The highest BCUT2D eigenvalue weighted by atomic mass is 16.5. The van der Waals surface area contributed by atoms with E-state index in [0.29, 0.717) is 0 Å². The van der Waals surface area contributed by atoms with Gasteiger partial charge in [-0.3, -0.25) is 4.68 Å². The summed E-state index contributed by atoms with van der Waals surface area (Å²) in [6.45, 7) is 6.90. The van der Waals surface area contributed by atoms with Crippen molar-refractivity contribution in [1.82, 2.24) is 15.1 Å². The Labute approximate surface area is 109 Å². The molecule has 2 heterocycles. The predicted octanol–water partition coefficient (Wildman–Crippen LogP) is 1.06. The van der Waals surface area contributed by atoms with Crippen molar-refractivity contribution in [2.24, 2.45) is 7.05 Å². The molecule has 0 saturated carbocycles. The number of anilines is 1. The van der Waals surface area contributed by atoms with E-state index in [9.17, 15) is 0 Å². The van der Waals surface area contributed by atoms with Gasteiger partial charge in [0.25, 0.3) is 0 Å². The first-order chi connectivity index (χ1) is 8.74. The summed E-state index contributed by atoms with van der Waals surface area (Å²) in [5.74, 6) is 1.29. The average Bonchev–Trinajstić information content (AvgIpc) is 2.93. The number of nitrogens with zero attached hydrogens (tertiary/aromatic N) is 3. The summed E-state index contributed by atoms with van der Waals surface area (Å²) in [5.41, 5.74) is 2.46. The lowest BCUT2D eigenvalue weighted by atomic mass is 10.2. The minimum atomic E-state index is 0.748. The fourth-order valence-corrected chi connectivity index (χ4v) is 2.61. The Bertz CT molecular complexity index is 383. The van der Waals surface area contributed by atoms with Crippen molar-refractivity contribution in [3.8, 4) is 0 Å². The molecule has 1 aromatic rings. The van der Waals surface area contributed by atoms with Gasteiger partial charge >= 0.3 is 0 Å². The SMILES string of the molecule is COCCNCc1c(C)nn(C)c1N1CCCC1. The molecule has 0 amide bonds. The Morgan fingerprint density at radius 1 is 1.33 bits per heavy atom. The summed E-state index contributed by atoms with van der Waals surface area (Å²) in [4.78, 5) is 2.45. The van der Waals surface area contributed by atoms with Crippen LogP contribution >= 0.6 is 0 Å². The fourth-order valence-electron chi connectivity index (χ4n) is 2.61. The van der Waals surface area contributed by atoms with Crippen molar-refractivity contribution in [2.45, 2.75) is 26.3 Å². The van der Waals surface area contributed by atoms with Gasteiger partial charge in [0.1, 0.15) is 5.82 Å². The van der Waals surface area contributed by atoms with E-state index in [1.807, 2.05) is 11.7 Å². The zero-order valence-corrected chi connectivity index (χ0v) is 11.7. The van der Waals surface area contributed by atoms with Crippen LogP contribution in [0.25, 0.3) is 0 Å². The molecule has 0 unspecified atom stereocenters. The third-order valence-electron chi connectivity index (χ3n) is 3.50. The summed E-state index contributed by atoms with van der Waals surface area (Å²) in [6.07, 6.45) is 2.58. The Hall–Kier alpha value is -1.07. The molecule has 0 bridgehead atoms. The van der Waals surface area contributed by atoms with Crippen molar-refractivity contribution in [3.05, 3.63) is 11.3 Å². The zero-order valence-electron chi connectivity index (χ0n) is 11.7. The van der Waals surface area contributed by atoms with Crippen LogP contribution in [0, 0.1) is 6.92 Å². The van der Waals surface area contributed by atoms with Crippen LogP contribution in [-0.2, 0) is 18.3 Å². The van der Waals surface area contributed by atoms with E-state index in [1.165, 1.54) is 24.2 Å². The van der Waals surface area contributed by atoms with Crippen molar-refractivity contribution in [3.63, 3.8) is 0 Å². The van der Waals surface area contributed by atoms with Gasteiger partial charge in [-0.2, -0.15) is 5.10 Å². The average molecular weight is 252 g/mol. The quantitative estimate of drug-likeness (QED) is 0.769. The molecular weight excluding hydrogens is 228 g/mol. The largest absolute Gasteiger partial charge is 0.383 e. The highest BCUT2D eigenvalue weighted by Gasteiger charge is 2.21. The van der Waals surface area contributed by atoms with E-state index in [4.69, 9.17) is 4.74 Å². The number of ether oxygens (including phenoxy) is 1. The molecule has 1 N–H and O–H groups in total. The maximum absolute atomic E-state index is 5.05. The lowest BCUT2D eigenvalue weighted by Gasteiger charge is -2.19. The van der Waals surface area contributed by atoms with E-state index in [-0.39, 0.29) is 0 Å². The van der Waals surface area contributed by atoms with Crippen LogP contribution in [0.15, 0.2) is 0 Å². The Morgan fingerprint density at radius 2 is 2.06 bits per heavy atom. The molecule has 102 valence electrons. The highest BCUT2D eigenvalue weighted by Crippen LogP contribution is 2.26. The van der Waals surface area contributed by atoms with Crippen molar-refractivity contribution < 1.29 is 4.74 Å². The molecule has 0 aliphatic carbocycles. The van der Waals surface area contributed by atoms with Gasteiger partial charge in [-0.15, -0.1) is 0 Å². The van der Waals surface area contributed by atoms with Gasteiger partial charge < -0.3 is 15.0 Å². The molecule has 0 atom stereocenters. The topological polar surface area (TPSA) is 42.3 Å². The van der Waals surface area contributed by atoms with Gasteiger partial charge in [-0.25, -0.2) is 0 Å². The van der Waals surface area contributed by atoms with E-state index < -0.39 is 0 Å². The maximum Gasteiger partial charge on any atom is 0.131 e. The molecule has 2 rings (SSSR count). The molecule has 1 aliphatic heterocycles. The first kappa shape index (κ1) is 13.4. The maximum atomic E-state index is 5.05. The van der Waals surface area contributed by atoms with E-state index in [2.05, 4.69) is 22.2 Å². The van der Waals surface area contributed by atoms with Crippen LogP contribution in [0.2, 0.25) is 0 Å². The third-order valence-corrected chi connectivity index (χ3v) is 3.50. The Morgan fingerprint density at radius 3 is 2.72 bits per heavy atom. The smallest absolute Gasteiger partial charge is 0.131 e. The molecule has 1 saturated heterocycles. The number of methoxy groups -OCH3 is 1. The number of hydrogen-bond acceptors (Lipinski definition) is 4. The molecular formula is C13H24N4O. The van der Waals surface area contributed by atoms with E-state index in [1.54, 1.807) is 7.11 Å². The highest BCUT2D eigenvalue weighted by molar-refractivity contribution is 5.50. The minimum Gasteiger partial charge on any atom is -0.383 e. The molecule has 1 aliphatic rings. The molecule has 1 aromatic heterocycles. The fraction of sp³-hybridized carbons (Fsp3) is 0.769. The van der Waals surface area contributed by atoms with Gasteiger partial charge in [0.15, 0.2) is 0 Å². The number of rotatable bonds is 6. The van der Waals surface area contributed by atoms with Crippen LogP contribution in [0.5, 0.6) is 0 Å². The first-order valence-corrected chi connectivity index (χ1v) is 6.71. The van der Waals surface area contributed by atoms with Gasteiger partial charge in [0, 0.05) is 45.9 Å². The predicted molar refractivity (Wildman–Crippen MR) is 73.0 cm³/mol. The van der Waals surface area contributed by atoms with Gasteiger partial charge in [-0.1, -0.05) is 0 Å². The molecule has 0 spiro atoms. The Kier molecular flexibility index (Phi) is 4.60. The molecule has 5 heteroatoms. The van der Waals surface area contributed by atoms with Crippen LogP contribution in [-0.4, -0.2) is 43.1 Å². The molecule has 5 nitrogen and oxygen atoms in total. The molecule has 0 radical (unpaired) electrons. The summed E-state index contributed by atoms with van der Waals surface area (Å²) < 4.78 is 7.07. The number of hydrogen-bond donors (Lipinski definition) is 1. The van der Waals surface area contributed by atoms with Gasteiger partial charge in [-0.05, 0) is 19.8 Å². The lowest BCUT2D eigenvalue weighted by Crippen LogP contribution is -2.24. The van der Waals surface area contributed by atoms with Crippen LogP contribution in [0.1, 0.15) is 24.1 Å². The Balaban J connectivity index is 2.07. The monoisotopic (exact) mass is 252 g/mol. The normalized spacial score (nSPS) is 15.6. The van der Waals surface area contributed by atoms with Gasteiger partial charge in [0.05, 0.1) is 12.3 Å². The number of aromatic nitrogens is 2. The number of aryl methyl sites for hydroxylation is 2. The van der Waals surface area contributed by atoms with Crippen LogP contribution in [0.3, 0.4) is 0 Å². The van der Waals surface area contributed by atoms with Crippen molar-refractivity contribution in [1.29, 1.82) is 0 Å². The molecule has 18 heavy (non-hydrogen) atoms.